The van der Waals surface area contributed by atoms with Gasteiger partial charge in [-0.25, -0.2) is 5.10 Å². The van der Waals surface area contributed by atoms with Gasteiger partial charge in [-0.05, 0) is 41.8 Å². The number of halogens is 1. The van der Waals surface area contributed by atoms with Gasteiger partial charge in [0.2, 0.25) is 0 Å². The van der Waals surface area contributed by atoms with Gasteiger partial charge in [0.15, 0.2) is 0 Å². The van der Waals surface area contributed by atoms with Gasteiger partial charge in [-0.1, -0.05) is 24.6 Å². The number of hydrogen-bond donors (Lipinski definition) is 4. The molecule has 3 rings (SSSR count). The van der Waals surface area contributed by atoms with Gasteiger partial charge in [-0.2, -0.15) is 10.4 Å². The van der Waals surface area contributed by atoms with Crippen LogP contribution in [0.1, 0.15) is 34.9 Å². The van der Waals surface area contributed by atoms with Crippen molar-refractivity contribution in [2.75, 3.05) is 7.05 Å². The van der Waals surface area contributed by atoms with E-state index in [0.717, 1.165) is 5.56 Å². The number of H-pyrrole nitrogens is 1. The number of nitriles is 1. The van der Waals surface area contributed by atoms with E-state index in [0.29, 0.717) is 55.9 Å². The molecule has 0 radical (unpaired) electrons. The van der Waals surface area contributed by atoms with Crippen molar-refractivity contribution in [3.8, 4) is 6.07 Å². The lowest BCUT2D eigenvalue weighted by Gasteiger charge is -2.17. The summed E-state index contributed by atoms with van der Waals surface area (Å²) >= 11 is 6.31. The molecule has 0 aliphatic rings. The first-order valence-electron chi connectivity index (χ1n) is 9.36. The molecule has 0 atom stereocenters. The fourth-order valence-electron chi connectivity index (χ4n) is 3.53. The standard InChI is InChI=1S/C22H21ClN6O/c1-3-12-6-14(23)8-17(18(12)9-24)21(27-2)19(10-25)13-4-5-15-16(7-13)20(11-26)28-29-22(15)30/h4-8,10,25,27H,3,11,26H2,1-2H3,(H,29,30)/b21-19+,25-10?. The van der Waals surface area contributed by atoms with Crippen molar-refractivity contribution in [3.05, 3.63) is 73.7 Å². The van der Waals surface area contributed by atoms with Crippen LogP contribution in [0.15, 0.2) is 35.1 Å². The maximum absolute atomic E-state index is 12.1. The highest BCUT2D eigenvalue weighted by molar-refractivity contribution is 6.31. The van der Waals surface area contributed by atoms with E-state index in [2.05, 4.69) is 21.6 Å². The zero-order valence-electron chi connectivity index (χ0n) is 16.6. The second-order valence-electron chi connectivity index (χ2n) is 6.60. The number of hydrogen-bond acceptors (Lipinski definition) is 6. The Morgan fingerprint density at radius 2 is 2.13 bits per heavy atom. The van der Waals surface area contributed by atoms with Crippen LogP contribution in [0.4, 0.5) is 0 Å². The zero-order valence-corrected chi connectivity index (χ0v) is 17.4. The SMILES string of the molecule is CCc1cc(Cl)cc(/C(NC)=C(/C=N)c2ccc3c(=O)[nH]nc(CN)c3c2)c1C#N. The number of nitrogens with two attached hydrogens (primary N) is 1. The second kappa shape index (κ2) is 8.91. The van der Waals surface area contributed by atoms with E-state index >= 15 is 0 Å². The summed E-state index contributed by atoms with van der Waals surface area (Å²) in [5.74, 6) is 0. The molecule has 30 heavy (non-hydrogen) atoms. The maximum atomic E-state index is 12.1. The van der Waals surface area contributed by atoms with Gasteiger partial charge in [-0.3, -0.25) is 4.79 Å². The zero-order chi connectivity index (χ0) is 21.8. The van der Waals surface area contributed by atoms with Crippen molar-refractivity contribution in [2.24, 2.45) is 5.73 Å². The molecule has 0 saturated carbocycles. The van der Waals surface area contributed by atoms with Crippen molar-refractivity contribution in [1.82, 2.24) is 15.5 Å². The predicted molar refractivity (Wildman–Crippen MR) is 120 cm³/mol. The fourth-order valence-corrected chi connectivity index (χ4v) is 3.77. The number of allylic oxidation sites excluding steroid dienone is 1. The minimum Gasteiger partial charge on any atom is -0.387 e. The molecule has 152 valence electrons. The smallest absolute Gasteiger partial charge is 0.272 e. The normalized spacial score (nSPS) is 11.7. The van der Waals surface area contributed by atoms with Gasteiger partial charge >= 0.3 is 0 Å². The number of nitrogens with zero attached hydrogens (tertiary/aromatic N) is 2. The largest absolute Gasteiger partial charge is 0.387 e. The summed E-state index contributed by atoms with van der Waals surface area (Å²) in [6.07, 6.45) is 1.86. The number of aromatic amines is 1. The lowest BCUT2D eigenvalue weighted by atomic mass is 9.93. The van der Waals surface area contributed by atoms with Crippen molar-refractivity contribution in [1.29, 1.82) is 10.7 Å². The van der Waals surface area contributed by atoms with E-state index in [-0.39, 0.29) is 12.1 Å². The van der Waals surface area contributed by atoms with Crippen LogP contribution < -0.4 is 16.6 Å². The number of benzene rings is 2. The summed E-state index contributed by atoms with van der Waals surface area (Å²) in [5.41, 5.74) is 9.80. The van der Waals surface area contributed by atoms with Crippen molar-refractivity contribution >= 4 is 39.9 Å². The number of rotatable bonds is 6. The average molecular weight is 421 g/mol. The monoisotopic (exact) mass is 420 g/mol. The van der Waals surface area contributed by atoms with Crippen molar-refractivity contribution < 1.29 is 0 Å². The molecule has 7 nitrogen and oxygen atoms in total. The van der Waals surface area contributed by atoms with E-state index in [9.17, 15) is 10.1 Å². The minimum atomic E-state index is -0.308. The molecule has 0 amide bonds. The molecule has 0 aliphatic carbocycles. The van der Waals surface area contributed by atoms with E-state index < -0.39 is 0 Å². The molecule has 8 heteroatoms. The molecular formula is C22H21ClN6O. The molecule has 0 fully saturated rings. The Labute approximate surface area is 178 Å². The summed E-state index contributed by atoms with van der Waals surface area (Å²) in [4.78, 5) is 12.1. The summed E-state index contributed by atoms with van der Waals surface area (Å²) < 4.78 is 0. The Morgan fingerprint density at radius 1 is 1.37 bits per heavy atom. The van der Waals surface area contributed by atoms with Gasteiger partial charge in [0.05, 0.1) is 22.3 Å². The average Bonchev–Trinajstić information content (AvgIpc) is 2.76. The lowest BCUT2D eigenvalue weighted by Crippen LogP contribution is -2.14. The Kier molecular flexibility index (Phi) is 6.31. The number of aryl methyl sites for hydroxylation is 1. The Morgan fingerprint density at radius 3 is 2.73 bits per heavy atom. The molecule has 1 aromatic heterocycles. The second-order valence-corrected chi connectivity index (χ2v) is 7.04. The van der Waals surface area contributed by atoms with Crippen LogP contribution in [0.2, 0.25) is 5.02 Å². The summed E-state index contributed by atoms with van der Waals surface area (Å²) in [6.45, 7) is 2.12. The van der Waals surface area contributed by atoms with Crippen LogP contribution in [-0.4, -0.2) is 23.5 Å². The van der Waals surface area contributed by atoms with Crippen LogP contribution in [-0.2, 0) is 13.0 Å². The van der Waals surface area contributed by atoms with Gasteiger partial charge < -0.3 is 16.5 Å². The molecule has 0 bridgehead atoms. The number of nitrogens with one attached hydrogen (secondary N) is 3. The quantitative estimate of drug-likeness (QED) is 0.359. The van der Waals surface area contributed by atoms with Gasteiger partial charge in [0.25, 0.3) is 5.56 Å². The van der Waals surface area contributed by atoms with Crippen molar-refractivity contribution in [2.45, 2.75) is 19.9 Å². The molecule has 5 N–H and O–H groups in total. The molecule has 3 aromatic rings. The Hall–Kier alpha value is -3.47. The van der Waals surface area contributed by atoms with E-state index in [1.54, 1.807) is 37.4 Å². The van der Waals surface area contributed by atoms with Crippen molar-refractivity contribution in [3.63, 3.8) is 0 Å². The highest BCUT2D eigenvalue weighted by Crippen LogP contribution is 2.31. The predicted octanol–water partition coefficient (Wildman–Crippen LogP) is 3.21. The Balaban J connectivity index is 2.36. The maximum Gasteiger partial charge on any atom is 0.272 e. The third-order valence-corrected chi connectivity index (χ3v) is 5.20. The minimum absolute atomic E-state index is 0.159. The van der Waals surface area contributed by atoms with E-state index in [1.165, 1.54) is 6.21 Å². The van der Waals surface area contributed by atoms with E-state index in [4.69, 9.17) is 22.7 Å². The van der Waals surface area contributed by atoms with Crippen LogP contribution in [0.5, 0.6) is 0 Å². The molecule has 0 spiro atoms. The lowest BCUT2D eigenvalue weighted by molar-refractivity contribution is 0.900. The van der Waals surface area contributed by atoms with Gasteiger partial charge in [0.1, 0.15) is 6.07 Å². The van der Waals surface area contributed by atoms with Crippen LogP contribution in [0.25, 0.3) is 22.0 Å². The fraction of sp³-hybridized carbons (Fsp3) is 0.182. The summed E-state index contributed by atoms with van der Waals surface area (Å²) in [6, 6.07) is 11.0. The molecule has 0 aliphatic heterocycles. The molecule has 2 aromatic carbocycles. The first kappa shape index (κ1) is 21.2. The molecule has 1 heterocycles. The van der Waals surface area contributed by atoms with Gasteiger partial charge in [0, 0.05) is 41.4 Å². The third kappa shape index (κ3) is 3.71. The molecule has 0 saturated heterocycles. The molecule has 0 unspecified atom stereocenters. The Bertz CT molecular complexity index is 1270. The van der Waals surface area contributed by atoms with Gasteiger partial charge in [-0.15, -0.1) is 0 Å². The third-order valence-electron chi connectivity index (χ3n) is 4.98. The van der Waals surface area contributed by atoms with Crippen LogP contribution in [0.3, 0.4) is 0 Å². The first-order valence-corrected chi connectivity index (χ1v) is 9.73. The van der Waals surface area contributed by atoms with Crippen LogP contribution >= 0.6 is 11.6 Å². The summed E-state index contributed by atoms with van der Waals surface area (Å²) in [5, 5.41) is 29.0. The first-order chi connectivity index (χ1) is 14.5. The highest BCUT2D eigenvalue weighted by Gasteiger charge is 2.17. The topological polar surface area (TPSA) is 131 Å². The number of aromatic nitrogens is 2. The summed E-state index contributed by atoms with van der Waals surface area (Å²) in [7, 11) is 1.73. The molecular weight excluding hydrogens is 400 g/mol. The highest BCUT2D eigenvalue weighted by atomic mass is 35.5. The van der Waals surface area contributed by atoms with Crippen LogP contribution in [0, 0.1) is 16.7 Å². The van der Waals surface area contributed by atoms with E-state index in [1.807, 2.05) is 6.92 Å². The number of fused-ring (bicyclic) bond motifs is 1.